The van der Waals surface area contributed by atoms with E-state index < -0.39 is 0 Å². The Labute approximate surface area is 230 Å². The quantitative estimate of drug-likeness (QED) is 0.249. The van der Waals surface area contributed by atoms with Crippen LogP contribution in [-0.2, 0) is 0 Å². The van der Waals surface area contributed by atoms with Crippen LogP contribution in [0.5, 0.6) is 11.5 Å². The first-order valence-corrected chi connectivity index (χ1v) is 13.4. The first kappa shape index (κ1) is 26.6. The van der Waals surface area contributed by atoms with Crippen LogP contribution in [0.2, 0.25) is 0 Å². The normalized spacial score (nSPS) is 15.2. The number of methoxy groups -OCH3 is 2. The maximum atomic E-state index is 5.60. The summed E-state index contributed by atoms with van der Waals surface area (Å²) in [6, 6.07) is 30.1. The first-order valence-electron chi connectivity index (χ1n) is 13.4. The molecule has 1 fully saturated rings. The molecule has 0 saturated carbocycles. The molecule has 3 N–H and O–H groups in total. The van der Waals surface area contributed by atoms with E-state index in [2.05, 4.69) is 66.4 Å². The Morgan fingerprint density at radius 1 is 0.744 bits per heavy atom. The minimum Gasteiger partial charge on any atom is -0.497 e. The molecule has 2 heterocycles. The topological polar surface area (TPSA) is 82.5 Å². The van der Waals surface area contributed by atoms with E-state index in [9.17, 15) is 0 Å². The van der Waals surface area contributed by atoms with Crippen molar-refractivity contribution in [3.63, 3.8) is 0 Å². The molecule has 1 atom stereocenters. The SMILES string of the molecule is COc1ccc(-c2nnc(C3CCN(C(C)c4ccc5ccccc5c4)CC3)c3cc(OC)ccc23)cc1.N. The maximum absolute atomic E-state index is 5.60. The van der Waals surface area contributed by atoms with E-state index in [0.717, 1.165) is 65.2 Å². The van der Waals surface area contributed by atoms with Crippen LogP contribution in [0.25, 0.3) is 32.8 Å². The third kappa shape index (κ3) is 5.18. The molecule has 1 aliphatic heterocycles. The van der Waals surface area contributed by atoms with Crippen molar-refractivity contribution >= 4 is 21.5 Å². The molecule has 0 spiro atoms. The van der Waals surface area contributed by atoms with Gasteiger partial charge in [-0.2, -0.15) is 5.10 Å². The van der Waals surface area contributed by atoms with Gasteiger partial charge in [0.1, 0.15) is 17.2 Å². The molecule has 6 heteroatoms. The second-order valence-corrected chi connectivity index (χ2v) is 10.2. The molecule has 1 aromatic heterocycles. The van der Waals surface area contributed by atoms with Gasteiger partial charge < -0.3 is 15.6 Å². The molecule has 0 radical (unpaired) electrons. The minimum atomic E-state index is 0. The van der Waals surface area contributed by atoms with Gasteiger partial charge in [-0.25, -0.2) is 0 Å². The van der Waals surface area contributed by atoms with Crippen molar-refractivity contribution in [1.82, 2.24) is 21.2 Å². The molecule has 1 aliphatic rings. The summed E-state index contributed by atoms with van der Waals surface area (Å²) in [4.78, 5) is 2.60. The summed E-state index contributed by atoms with van der Waals surface area (Å²) in [6.07, 6.45) is 2.11. The number of benzene rings is 4. The zero-order chi connectivity index (χ0) is 26.1. The third-order valence-electron chi connectivity index (χ3n) is 8.10. The van der Waals surface area contributed by atoms with Gasteiger partial charge in [-0.3, -0.25) is 4.90 Å². The Kier molecular flexibility index (Phi) is 7.77. The van der Waals surface area contributed by atoms with Gasteiger partial charge in [0.2, 0.25) is 0 Å². The van der Waals surface area contributed by atoms with Gasteiger partial charge >= 0.3 is 0 Å². The molecular weight excluding hydrogens is 484 g/mol. The van der Waals surface area contributed by atoms with E-state index >= 15 is 0 Å². The van der Waals surface area contributed by atoms with E-state index in [-0.39, 0.29) is 6.15 Å². The van der Waals surface area contributed by atoms with E-state index in [4.69, 9.17) is 19.7 Å². The Morgan fingerprint density at radius 3 is 2.15 bits per heavy atom. The summed E-state index contributed by atoms with van der Waals surface area (Å²) in [5.41, 5.74) is 4.37. The van der Waals surface area contributed by atoms with Gasteiger partial charge in [0.25, 0.3) is 0 Å². The van der Waals surface area contributed by atoms with Crippen LogP contribution in [0.3, 0.4) is 0 Å². The molecular formula is C33H36N4O2. The van der Waals surface area contributed by atoms with Crippen molar-refractivity contribution in [2.45, 2.75) is 31.7 Å². The van der Waals surface area contributed by atoms with E-state index in [1.54, 1.807) is 14.2 Å². The number of fused-ring (bicyclic) bond motifs is 2. The summed E-state index contributed by atoms with van der Waals surface area (Å²) in [5.74, 6) is 2.03. The molecule has 1 unspecified atom stereocenters. The number of piperidine rings is 1. The third-order valence-corrected chi connectivity index (χ3v) is 8.10. The number of likely N-dealkylation sites (tertiary alicyclic amines) is 1. The van der Waals surface area contributed by atoms with Crippen LogP contribution in [-0.4, -0.2) is 42.4 Å². The molecule has 39 heavy (non-hydrogen) atoms. The fourth-order valence-corrected chi connectivity index (χ4v) is 5.78. The molecule has 0 amide bonds. The molecule has 1 saturated heterocycles. The van der Waals surface area contributed by atoms with Crippen molar-refractivity contribution in [3.8, 4) is 22.8 Å². The molecule has 4 aromatic carbocycles. The number of nitrogens with zero attached hydrogens (tertiary/aromatic N) is 3. The Hall–Kier alpha value is -4.00. The van der Waals surface area contributed by atoms with Crippen molar-refractivity contribution in [1.29, 1.82) is 0 Å². The highest BCUT2D eigenvalue weighted by Gasteiger charge is 2.27. The van der Waals surface area contributed by atoms with Crippen LogP contribution in [0.4, 0.5) is 0 Å². The van der Waals surface area contributed by atoms with Gasteiger partial charge in [0.05, 0.1) is 19.9 Å². The molecule has 6 nitrogen and oxygen atoms in total. The summed E-state index contributed by atoms with van der Waals surface area (Å²) in [7, 11) is 3.39. The number of hydrogen-bond donors (Lipinski definition) is 1. The second kappa shape index (κ2) is 11.4. The van der Waals surface area contributed by atoms with Crippen molar-refractivity contribution in [3.05, 3.63) is 96.2 Å². The highest BCUT2D eigenvalue weighted by Crippen LogP contribution is 2.38. The lowest BCUT2D eigenvalue weighted by Crippen LogP contribution is -2.35. The fraction of sp³-hybridized carbons (Fsp3) is 0.273. The Morgan fingerprint density at radius 2 is 1.44 bits per heavy atom. The van der Waals surface area contributed by atoms with Gasteiger partial charge in [0.15, 0.2) is 0 Å². The van der Waals surface area contributed by atoms with Crippen LogP contribution in [0, 0.1) is 0 Å². The lowest BCUT2D eigenvalue weighted by molar-refractivity contribution is 0.161. The maximum Gasteiger partial charge on any atom is 0.119 e. The van der Waals surface area contributed by atoms with Gasteiger partial charge in [-0.05, 0) is 97.7 Å². The summed E-state index contributed by atoms with van der Waals surface area (Å²) in [6.45, 7) is 4.40. The Bertz CT molecular complexity index is 1580. The van der Waals surface area contributed by atoms with Crippen molar-refractivity contribution in [2.75, 3.05) is 27.3 Å². The average molecular weight is 521 g/mol. The van der Waals surface area contributed by atoms with Crippen molar-refractivity contribution < 1.29 is 9.47 Å². The molecule has 5 aromatic rings. The van der Waals surface area contributed by atoms with E-state index in [0.29, 0.717) is 12.0 Å². The van der Waals surface area contributed by atoms with Crippen LogP contribution in [0.1, 0.15) is 43.0 Å². The smallest absolute Gasteiger partial charge is 0.119 e. The predicted molar refractivity (Wildman–Crippen MR) is 159 cm³/mol. The lowest BCUT2D eigenvalue weighted by atomic mass is 9.88. The minimum absolute atomic E-state index is 0. The van der Waals surface area contributed by atoms with Crippen LogP contribution < -0.4 is 15.6 Å². The summed E-state index contributed by atoms with van der Waals surface area (Å²) < 4.78 is 10.9. The first-order chi connectivity index (χ1) is 18.6. The number of aromatic nitrogens is 2. The summed E-state index contributed by atoms with van der Waals surface area (Å²) in [5, 5.41) is 14.4. The van der Waals surface area contributed by atoms with E-state index in [1.807, 2.05) is 30.3 Å². The summed E-state index contributed by atoms with van der Waals surface area (Å²) >= 11 is 0. The van der Waals surface area contributed by atoms with Gasteiger partial charge in [-0.1, -0.05) is 36.4 Å². The zero-order valence-corrected chi connectivity index (χ0v) is 22.9. The van der Waals surface area contributed by atoms with Crippen LogP contribution in [0.15, 0.2) is 84.9 Å². The van der Waals surface area contributed by atoms with Crippen molar-refractivity contribution in [2.24, 2.45) is 0 Å². The van der Waals surface area contributed by atoms with Gasteiger partial charge in [-0.15, -0.1) is 5.10 Å². The zero-order valence-electron chi connectivity index (χ0n) is 22.9. The van der Waals surface area contributed by atoms with Crippen LogP contribution >= 0.6 is 0 Å². The lowest BCUT2D eigenvalue weighted by Gasteiger charge is -2.36. The second-order valence-electron chi connectivity index (χ2n) is 10.2. The Balaban J connectivity index is 0.00000308. The highest BCUT2D eigenvalue weighted by molar-refractivity contribution is 5.96. The molecule has 0 aliphatic carbocycles. The van der Waals surface area contributed by atoms with Gasteiger partial charge in [0, 0.05) is 28.3 Å². The highest BCUT2D eigenvalue weighted by atomic mass is 16.5. The molecule has 200 valence electrons. The fourth-order valence-electron chi connectivity index (χ4n) is 5.78. The standard InChI is InChI=1S/C33H33N3O2.H3N/c1-22(26-9-8-23-6-4-5-7-27(23)20-26)36-18-16-25(17-19-36)33-31-21-29(38-3)14-15-30(31)32(34-35-33)24-10-12-28(37-2)13-11-24;/h4-15,20-22,25H,16-19H2,1-3H3;1H3. The number of hydrogen-bond acceptors (Lipinski definition) is 6. The predicted octanol–water partition coefficient (Wildman–Crippen LogP) is 7.57. The van der Waals surface area contributed by atoms with E-state index in [1.165, 1.54) is 16.3 Å². The monoisotopic (exact) mass is 520 g/mol. The molecule has 0 bridgehead atoms. The average Bonchev–Trinajstić information content (AvgIpc) is 2.99. The number of rotatable bonds is 6. The molecule has 6 rings (SSSR count). The number of ether oxygens (including phenoxy) is 2. The largest absolute Gasteiger partial charge is 0.497 e.